The van der Waals surface area contributed by atoms with Gasteiger partial charge in [-0.1, -0.05) is 0 Å². The summed E-state index contributed by atoms with van der Waals surface area (Å²) in [6, 6.07) is 4.74. The molecule has 3 fully saturated rings. The van der Waals surface area contributed by atoms with Crippen molar-refractivity contribution in [1.82, 2.24) is 15.5 Å². The number of hydrogen-bond acceptors (Lipinski definition) is 5. The first-order valence-corrected chi connectivity index (χ1v) is 8.23. The second-order valence-electron chi connectivity index (χ2n) is 6.61. The van der Waals surface area contributed by atoms with Crippen molar-refractivity contribution >= 4 is 11.7 Å². The fourth-order valence-electron chi connectivity index (χ4n) is 3.47. The van der Waals surface area contributed by atoms with Gasteiger partial charge in [0.05, 0.1) is 17.8 Å². The van der Waals surface area contributed by atoms with Crippen LogP contribution in [0.2, 0.25) is 0 Å². The second-order valence-corrected chi connectivity index (χ2v) is 6.61. The van der Waals surface area contributed by atoms with Crippen molar-refractivity contribution in [2.24, 2.45) is 0 Å². The summed E-state index contributed by atoms with van der Waals surface area (Å²) in [5.41, 5.74) is 0.927. The molecule has 118 valence electrons. The highest BCUT2D eigenvalue weighted by Crippen LogP contribution is 2.34. The summed E-state index contributed by atoms with van der Waals surface area (Å²) < 4.78 is 6.07. The number of hydrogen-bond donors (Lipinski definition) is 1. The number of carbonyl (C=O) groups is 1. The summed E-state index contributed by atoms with van der Waals surface area (Å²) >= 11 is 0. The first-order chi connectivity index (χ1) is 10.7. The average Bonchev–Trinajstić information content (AvgIpc) is 3.24. The highest BCUT2D eigenvalue weighted by atomic mass is 16.5. The first-order valence-electron chi connectivity index (χ1n) is 8.23. The Bertz CT molecular complexity index is 558. The molecular formula is C16H22N4O2. The quantitative estimate of drug-likeness (QED) is 0.908. The van der Waals surface area contributed by atoms with E-state index in [1.807, 2.05) is 19.1 Å². The molecule has 1 aromatic rings. The molecule has 3 aliphatic rings. The van der Waals surface area contributed by atoms with Crippen LogP contribution < -0.4 is 10.2 Å². The summed E-state index contributed by atoms with van der Waals surface area (Å²) in [7, 11) is 0. The van der Waals surface area contributed by atoms with Gasteiger partial charge in [-0.05, 0) is 51.2 Å². The molecule has 0 spiro atoms. The molecule has 22 heavy (non-hydrogen) atoms. The lowest BCUT2D eigenvalue weighted by atomic mass is 9.98. The zero-order valence-corrected chi connectivity index (χ0v) is 12.9. The summed E-state index contributed by atoms with van der Waals surface area (Å²) in [5, 5.41) is 11.5. The number of fused-ring (bicyclic) bond motifs is 1. The molecule has 0 unspecified atom stereocenters. The molecule has 6 nitrogen and oxygen atoms in total. The van der Waals surface area contributed by atoms with Crippen molar-refractivity contribution in [2.45, 2.75) is 63.3 Å². The van der Waals surface area contributed by atoms with Gasteiger partial charge in [0, 0.05) is 12.6 Å². The Labute approximate surface area is 130 Å². The van der Waals surface area contributed by atoms with Crippen molar-refractivity contribution in [1.29, 1.82) is 0 Å². The van der Waals surface area contributed by atoms with Crippen LogP contribution in [0.1, 0.15) is 37.8 Å². The van der Waals surface area contributed by atoms with E-state index in [1.165, 1.54) is 0 Å². The molecule has 1 N–H and O–H groups in total. The highest BCUT2D eigenvalue weighted by molar-refractivity contribution is 5.81. The zero-order valence-electron chi connectivity index (χ0n) is 12.9. The number of anilines is 1. The fraction of sp³-hybridized carbons (Fsp3) is 0.688. The van der Waals surface area contributed by atoms with E-state index in [1.54, 1.807) is 0 Å². The van der Waals surface area contributed by atoms with E-state index in [2.05, 4.69) is 20.4 Å². The summed E-state index contributed by atoms with van der Waals surface area (Å²) in [6.45, 7) is 2.86. The number of amides is 1. The summed E-state index contributed by atoms with van der Waals surface area (Å²) in [4.78, 5) is 14.4. The Morgan fingerprint density at radius 2 is 2.09 bits per heavy atom. The van der Waals surface area contributed by atoms with E-state index >= 15 is 0 Å². The zero-order chi connectivity index (χ0) is 15.1. The van der Waals surface area contributed by atoms with Gasteiger partial charge >= 0.3 is 0 Å². The van der Waals surface area contributed by atoms with E-state index < -0.39 is 0 Å². The third kappa shape index (κ3) is 2.67. The standard InChI is InChI=1S/C16H22N4O2/c1-10-2-7-15(19-18-10)20-9-8-13-12(20)5-6-14(22-13)16(21)17-11-3-4-11/h2,7,11-14H,3-6,8-9H2,1H3,(H,17,21)/t12-,13-,14-/m1/s1. The third-order valence-corrected chi connectivity index (χ3v) is 4.84. The topological polar surface area (TPSA) is 67.3 Å². The molecular weight excluding hydrogens is 280 g/mol. The van der Waals surface area contributed by atoms with E-state index in [4.69, 9.17) is 4.74 Å². The van der Waals surface area contributed by atoms with Crippen LogP contribution in [0.3, 0.4) is 0 Å². The van der Waals surface area contributed by atoms with Crippen molar-refractivity contribution in [3.63, 3.8) is 0 Å². The molecule has 3 heterocycles. The summed E-state index contributed by atoms with van der Waals surface area (Å²) in [5.74, 6) is 0.997. The van der Waals surface area contributed by atoms with Crippen LogP contribution in [0.4, 0.5) is 5.82 Å². The van der Waals surface area contributed by atoms with Gasteiger partial charge in [0.15, 0.2) is 5.82 Å². The monoisotopic (exact) mass is 302 g/mol. The van der Waals surface area contributed by atoms with Gasteiger partial charge in [0.1, 0.15) is 6.10 Å². The lowest BCUT2D eigenvalue weighted by Gasteiger charge is -2.35. The Morgan fingerprint density at radius 3 is 2.82 bits per heavy atom. The Kier molecular flexibility index (Phi) is 3.48. The molecule has 1 aromatic heterocycles. The average molecular weight is 302 g/mol. The van der Waals surface area contributed by atoms with Crippen molar-refractivity contribution in [3.8, 4) is 0 Å². The lowest BCUT2D eigenvalue weighted by molar-refractivity contribution is -0.141. The van der Waals surface area contributed by atoms with Gasteiger partial charge in [0.2, 0.25) is 5.91 Å². The maximum Gasteiger partial charge on any atom is 0.249 e. The van der Waals surface area contributed by atoms with Gasteiger partial charge in [0.25, 0.3) is 0 Å². The predicted octanol–water partition coefficient (Wildman–Crippen LogP) is 1.19. The van der Waals surface area contributed by atoms with Crippen LogP contribution in [-0.2, 0) is 9.53 Å². The van der Waals surface area contributed by atoms with Gasteiger partial charge in [-0.3, -0.25) is 4.79 Å². The van der Waals surface area contributed by atoms with Crippen LogP contribution in [0.5, 0.6) is 0 Å². The molecule has 6 heteroatoms. The highest BCUT2D eigenvalue weighted by Gasteiger charge is 2.42. The maximum absolute atomic E-state index is 12.2. The Morgan fingerprint density at radius 1 is 1.23 bits per heavy atom. The smallest absolute Gasteiger partial charge is 0.249 e. The van der Waals surface area contributed by atoms with Crippen LogP contribution in [0.25, 0.3) is 0 Å². The SMILES string of the molecule is Cc1ccc(N2CC[C@H]3O[C@@H](C(=O)NC4CC4)CC[C@H]32)nn1. The van der Waals surface area contributed by atoms with Gasteiger partial charge in [-0.15, -0.1) is 5.10 Å². The molecule has 0 aromatic carbocycles. The number of aromatic nitrogens is 2. The Hall–Kier alpha value is -1.69. The van der Waals surface area contributed by atoms with E-state index in [0.29, 0.717) is 12.1 Å². The molecule has 2 saturated heterocycles. The largest absolute Gasteiger partial charge is 0.363 e. The maximum atomic E-state index is 12.2. The van der Waals surface area contributed by atoms with Crippen molar-refractivity contribution < 1.29 is 9.53 Å². The second kappa shape index (κ2) is 5.50. The molecule has 1 aliphatic carbocycles. The Balaban J connectivity index is 1.41. The van der Waals surface area contributed by atoms with Crippen molar-refractivity contribution in [2.75, 3.05) is 11.4 Å². The number of nitrogens with one attached hydrogen (secondary N) is 1. The number of ether oxygens (including phenoxy) is 1. The number of carbonyl (C=O) groups excluding carboxylic acids is 1. The minimum atomic E-state index is -0.272. The summed E-state index contributed by atoms with van der Waals surface area (Å²) in [6.07, 6.45) is 4.80. The van der Waals surface area contributed by atoms with Crippen LogP contribution in [-0.4, -0.2) is 46.9 Å². The molecule has 4 rings (SSSR count). The molecule has 0 bridgehead atoms. The van der Waals surface area contributed by atoms with Gasteiger partial charge < -0.3 is 15.0 Å². The van der Waals surface area contributed by atoms with E-state index in [9.17, 15) is 4.79 Å². The van der Waals surface area contributed by atoms with Crippen LogP contribution >= 0.6 is 0 Å². The lowest BCUT2D eigenvalue weighted by Crippen LogP contribution is -2.48. The van der Waals surface area contributed by atoms with Crippen molar-refractivity contribution in [3.05, 3.63) is 17.8 Å². The number of aryl methyl sites for hydroxylation is 1. The van der Waals surface area contributed by atoms with Crippen LogP contribution in [0, 0.1) is 6.92 Å². The molecule has 2 aliphatic heterocycles. The molecule has 0 radical (unpaired) electrons. The molecule has 3 atom stereocenters. The predicted molar refractivity (Wildman–Crippen MR) is 81.6 cm³/mol. The first kappa shape index (κ1) is 13.9. The molecule has 1 amide bonds. The van der Waals surface area contributed by atoms with E-state index in [0.717, 1.165) is 50.2 Å². The minimum absolute atomic E-state index is 0.0783. The number of rotatable bonds is 3. The van der Waals surface area contributed by atoms with Gasteiger partial charge in [-0.2, -0.15) is 5.10 Å². The molecule has 1 saturated carbocycles. The normalized spacial score (nSPS) is 31.0. The van der Waals surface area contributed by atoms with E-state index in [-0.39, 0.29) is 18.1 Å². The minimum Gasteiger partial charge on any atom is -0.363 e. The third-order valence-electron chi connectivity index (χ3n) is 4.84. The van der Waals surface area contributed by atoms with Crippen LogP contribution in [0.15, 0.2) is 12.1 Å². The number of nitrogens with zero attached hydrogens (tertiary/aromatic N) is 3. The van der Waals surface area contributed by atoms with Gasteiger partial charge in [-0.25, -0.2) is 0 Å². The fourth-order valence-corrected chi connectivity index (χ4v) is 3.47.